The largest absolute Gasteiger partial charge is 0.298 e. The van der Waals surface area contributed by atoms with E-state index in [1.54, 1.807) is 11.1 Å². The molecule has 0 saturated carbocycles. The van der Waals surface area contributed by atoms with E-state index in [0.717, 1.165) is 6.04 Å². The second-order valence-corrected chi connectivity index (χ2v) is 5.45. The van der Waals surface area contributed by atoms with Crippen molar-refractivity contribution in [3.05, 3.63) is 29.3 Å². The molecule has 1 saturated heterocycles. The van der Waals surface area contributed by atoms with Crippen LogP contribution in [0.15, 0.2) is 23.1 Å². The highest BCUT2D eigenvalue weighted by Crippen LogP contribution is 2.29. The minimum absolute atomic E-state index is 0.845. The van der Waals surface area contributed by atoms with Crippen LogP contribution < -0.4 is 0 Å². The van der Waals surface area contributed by atoms with Gasteiger partial charge in [0, 0.05) is 24.0 Å². The zero-order chi connectivity index (χ0) is 10.3. The smallest absolute Gasteiger partial charge is 0.0140 e. The average molecular weight is 219 g/mol. The molecule has 1 aromatic rings. The summed E-state index contributed by atoms with van der Waals surface area (Å²) in [6.07, 6.45) is 6.09. The number of aryl methyl sites for hydroxylation is 1. The van der Waals surface area contributed by atoms with Crippen LogP contribution in [0.4, 0.5) is 0 Å². The van der Waals surface area contributed by atoms with Crippen LogP contribution in [-0.2, 0) is 12.8 Å². The third-order valence-electron chi connectivity index (χ3n) is 3.61. The number of hydrogen-bond donors (Lipinski definition) is 0. The molecule has 1 atom stereocenters. The molecular weight excluding hydrogens is 202 g/mol. The van der Waals surface area contributed by atoms with E-state index in [1.165, 1.54) is 37.2 Å². The molecule has 80 valence electrons. The molecule has 1 aliphatic carbocycles. The predicted molar refractivity (Wildman–Crippen MR) is 65.6 cm³/mol. The summed E-state index contributed by atoms with van der Waals surface area (Å²) in [4.78, 5) is 4.02. The number of fused-ring (bicyclic) bond motifs is 1. The van der Waals surface area contributed by atoms with Crippen molar-refractivity contribution in [3.63, 3.8) is 0 Å². The fourth-order valence-electron chi connectivity index (χ4n) is 2.57. The van der Waals surface area contributed by atoms with Crippen LogP contribution in [0, 0.1) is 0 Å². The molecule has 2 heteroatoms. The molecule has 15 heavy (non-hydrogen) atoms. The van der Waals surface area contributed by atoms with Crippen LogP contribution in [-0.4, -0.2) is 30.3 Å². The molecule has 0 spiro atoms. The van der Waals surface area contributed by atoms with Gasteiger partial charge in [-0.1, -0.05) is 6.07 Å². The van der Waals surface area contributed by atoms with Gasteiger partial charge in [-0.05, 0) is 48.8 Å². The van der Waals surface area contributed by atoms with E-state index in [-0.39, 0.29) is 0 Å². The maximum Gasteiger partial charge on any atom is 0.0140 e. The van der Waals surface area contributed by atoms with Crippen molar-refractivity contribution in [2.45, 2.75) is 30.2 Å². The molecule has 1 fully saturated rings. The Bertz CT molecular complexity index is 371. The Kier molecular flexibility index (Phi) is 2.49. The topological polar surface area (TPSA) is 3.01 Å². The maximum atomic E-state index is 2.60. The number of rotatable bonds is 2. The van der Waals surface area contributed by atoms with Crippen molar-refractivity contribution < 1.29 is 0 Å². The standard InChI is InChI=1S/C13H17NS/c1-15-13-5-3-10-8-12(14-6-7-14)4-2-11(10)9-13/h3,5,9,12H,2,4,6-8H2,1H3. The fraction of sp³-hybridized carbons (Fsp3) is 0.538. The average Bonchev–Trinajstić information content (AvgIpc) is 3.11. The van der Waals surface area contributed by atoms with Gasteiger partial charge in [-0.15, -0.1) is 11.8 Å². The van der Waals surface area contributed by atoms with Gasteiger partial charge in [0.2, 0.25) is 0 Å². The van der Waals surface area contributed by atoms with Crippen LogP contribution in [0.5, 0.6) is 0 Å². The molecule has 1 aliphatic heterocycles. The first-order valence-electron chi connectivity index (χ1n) is 5.76. The van der Waals surface area contributed by atoms with Gasteiger partial charge in [-0.3, -0.25) is 4.90 Å². The molecule has 0 N–H and O–H groups in total. The second kappa shape index (κ2) is 3.84. The van der Waals surface area contributed by atoms with E-state index in [0.29, 0.717) is 0 Å². The summed E-state index contributed by atoms with van der Waals surface area (Å²) in [5.41, 5.74) is 3.19. The summed E-state index contributed by atoms with van der Waals surface area (Å²) >= 11 is 1.85. The van der Waals surface area contributed by atoms with Crippen molar-refractivity contribution in [1.82, 2.24) is 4.90 Å². The highest BCUT2D eigenvalue weighted by atomic mass is 32.2. The number of hydrogen-bond acceptors (Lipinski definition) is 2. The maximum absolute atomic E-state index is 2.60. The molecule has 0 aromatic heterocycles. The monoisotopic (exact) mass is 219 g/mol. The van der Waals surface area contributed by atoms with Crippen LogP contribution in [0.2, 0.25) is 0 Å². The third-order valence-corrected chi connectivity index (χ3v) is 4.34. The summed E-state index contributed by atoms with van der Waals surface area (Å²) in [7, 11) is 0. The third kappa shape index (κ3) is 1.93. The van der Waals surface area contributed by atoms with E-state index >= 15 is 0 Å². The van der Waals surface area contributed by atoms with Crippen molar-refractivity contribution in [3.8, 4) is 0 Å². The first-order chi connectivity index (χ1) is 7.36. The van der Waals surface area contributed by atoms with Gasteiger partial charge in [0.25, 0.3) is 0 Å². The summed E-state index contributed by atoms with van der Waals surface area (Å²) in [6, 6.07) is 7.85. The SMILES string of the molecule is CSc1ccc2c(c1)CCC(N1CC1)C2. The molecule has 2 aliphatic rings. The molecule has 1 aromatic carbocycles. The lowest BCUT2D eigenvalue weighted by molar-refractivity contribution is 0.359. The Morgan fingerprint density at radius 2 is 2.13 bits per heavy atom. The van der Waals surface area contributed by atoms with Gasteiger partial charge in [0.1, 0.15) is 0 Å². The Balaban J connectivity index is 1.83. The predicted octanol–water partition coefficient (Wildman–Crippen LogP) is 2.58. The molecule has 0 bridgehead atoms. The van der Waals surface area contributed by atoms with E-state index in [4.69, 9.17) is 0 Å². The van der Waals surface area contributed by atoms with Crippen molar-refractivity contribution in [2.75, 3.05) is 19.3 Å². The van der Waals surface area contributed by atoms with E-state index in [1.807, 2.05) is 11.8 Å². The minimum Gasteiger partial charge on any atom is -0.298 e. The number of benzene rings is 1. The zero-order valence-corrected chi connectivity index (χ0v) is 10.0. The highest BCUT2D eigenvalue weighted by molar-refractivity contribution is 7.98. The van der Waals surface area contributed by atoms with Gasteiger partial charge in [-0.2, -0.15) is 0 Å². The lowest BCUT2D eigenvalue weighted by atomic mass is 9.88. The molecule has 0 amide bonds. The van der Waals surface area contributed by atoms with Crippen molar-refractivity contribution in [2.24, 2.45) is 0 Å². The number of nitrogens with zero attached hydrogens (tertiary/aromatic N) is 1. The van der Waals surface area contributed by atoms with Crippen molar-refractivity contribution >= 4 is 11.8 Å². The highest BCUT2D eigenvalue weighted by Gasteiger charge is 2.30. The Morgan fingerprint density at radius 1 is 1.27 bits per heavy atom. The summed E-state index contributed by atoms with van der Waals surface area (Å²) in [5, 5.41) is 0. The molecule has 1 heterocycles. The van der Waals surface area contributed by atoms with Crippen LogP contribution in [0.3, 0.4) is 0 Å². The summed E-state index contributed by atoms with van der Waals surface area (Å²) < 4.78 is 0. The van der Waals surface area contributed by atoms with Crippen LogP contribution in [0.25, 0.3) is 0 Å². The first-order valence-corrected chi connectivity index (χ1v) is 6.99. The summed E-state index contributed by atoms with van der Waals surface area (Å²) in [6.45, 7) is 2.67. The van der Waals surface area contributed by atoms with Gasteiger partial charge in [0.15, 0.2) is 0 Å². The van der Waals surface area contributed by atoms with Gasteiger partial charge < -0.3 is 0 Å². The van der Waals surface area contributed by atoms with Gasteiger partial charge >= 0.3 is 0 Å². The number of thioether (sulfide) groups is 1. The molecule has 3 rings (SSSR count). The van der Waals surface area contributed by atoms with Crippen molar-refractivity contribution in [1.29, 1.82) is 0 Å². The lowest BCUT2D eigenvalue weighted by Crippen LogP contribution is -2.26. The van der Waals surface area contributed by atoms with Crippen LogP contribution in [0.1, 0.15) is 17.5 Å². The van der Waals surface area contributed by atoms with Gasteiger partial charge in [0.05, 0.1) is 0 Å². The Morgan fingerprint density at radius 3 is 2.87 bits per heavy atom. The fourth-order valence-corrected chi connectivity index (χ4v) is 3.04. The Labute approximate surface area is 95.9 Å². The van der Waals surface area contributed by atoms with E-state index in [9.17, 15) is 0 Å². The van der Waals surface area contributed by atoms with E-state index < -0.39 is 0 Å². The second-order valence-electron chi connectivity index (χ2n) is 4.57. The van der Waals surface area contributed by atoms with Gasteiger partial charge in [-0.25, -0.2) is 0 Å². The van der Waals surface area contributed by atoms with Crippen LogP contribution >= 0.6 is 11.8 Å². The first kappa shape index (κ1) is 9.73. The quantitative estimate of drug-likeness (QED) is 0.555. The zero-order valence-electron chi connectivity index (χ0n) is 9.20. The molecule has 0 radical (unpaired) electrons. The lowest BCUT2D eigenvalue weighted by Gasteiger charge is -2.25. The molecular formula is C13H17NS. The minimum atomic E-state index is 0.845. The molecule has 1 unspecified atom stereocenters. The summed E-state index contributed by atoms with van der Waals surface area (Å²) in [5.74, 6) is 0. The molecule has 1 nitrogen and oxygen atoms in total. The Hall–Kier alpha value is -0.470. The normalized spacial score (nSPS) is 25.0. The van der Waals surface area contributed by atoms with E-state index in [2.05, 4.69) is 29.4 Å².